The van der Waals surface area contributed by atoms with Crippen LogP contribution in [-0.2, 0) is 22.8 Å². The molecule has 0 saturated heterocycles. The lowest BCUT2D eigenvalue weighted by Crippen LogP contribution is -2.48. The van der Waals surface area contributed by atoms with Crippen molar-refractivity contribution in [3.05, 3.63) is 0 Å². The summed E-state index contributed by atoms with van der Waals surface area (Å²) in [6.07, 6.45) is 4.23. The zero-order chi connectivity index (χ0) is 16.1. The summed E-state index contributed by atoms with van der Waals surface area (Å²) in [7, 11) is -2.77. The van der Waals surface area contributed by atoms with Crippen molar-refractivity contribution in [1.29, 1.82) is 0 Å². The topological polar surface area (TPSA) is 54.0 Å². The molecule has 0 aliphatic carbocycles. The third-order valence-electron chi connectivity index (χ3n) is 3.00. The molecule has 0 radical (unpaired) electrons. The van der Waals surface area contributed by atoms with Crippen LogP contribution in [0.2, 0.25) is 6.04 Å². The third-order valence-corrected chi connectivity index (χ3v) is 6.11. The van der Waals surface area contributed by atoms with Gasteiger partial charge in [-0.15, -0.1) is 0 Å². The molecule has 0 aromatic carbocycles. The Hall–Kier alpha value is -0.433. The maximum atomic E-state index is 11.4. The van der Waals surface area contributed by atoms with Gasteiger partial charge in [0, 0.05) is 25.7 Å². The minimum absolute atomic E-state index is 0.274. The second-order valence-corrected chi connectivity index (χ2v) is 7.57. The highest BCUT2D eigenvalue weighted by Crippen LogP contribution is 2.22. The van der Waals surface area contributed by atoms with Gasteiger partial charge in [0.25, 0.3) is 0 Å². The summed E-state index contributed by atoms with van der Waals surface area (Å²) in [4.78, 5) is 11.4. The highest BCUT2D eigenvalue weighted by molar-refractivity contribution is 6.60. The summed E-state index contributed by atoms with van der Waals surface area (Å²) < 4.78 is 22.8. The van der Waals surface area contributed by atoms with E-state index in [-0.39, 0.29) is 5.97 Å². The van der Waals surface area contributed by atoms with Crippen LogP contribution < -0.4 is 0 Å². The molecule has 0 fully saturated rings. The molecule has 6 heteroatoms. The van der Waals surface area contributed by atoms with E-state index < -0.39 is 15.1 Å². The van der Waals surface area contributed by atoms with Crippen LogP contribution in [-0.4, -0.2) is 34.3 Å². The van der Waals surface area contributed by atoms with Gasteiger partial charge >= 0.3 is 14.8 Å². The molecule has 0 heterocycles. The van der Waals surface area contributed by atoms with Crippen molar-refractivity contribution in [3.8, 4) is 0 Å². The lowest BCUT2D eigenvalue weighted by molar-refractivity contribution is -0.167. The van der Waals surface area contributed by atoms with E-state index in [2.05, 4.69) is 6.92 Å². The molecule has 126 valence electrons. The molecule has 0 rings (SSSR count). The summed E-state index contributed by atoms with van der Waals surface area (Å²) in [6.45, 7) is 10.6. The maximum absolute atomic E-state index is 11.4. The Kier molecular flexibility index (Phi) is 11.9. The van der Waals surface area contributed by atoms with Gasteiger partial charge in [-0.2, -0.15) is 0 Å². The first kappa shape index (κ1) is 20.6. The second kappa shape index (κ2) is 12.1. The number of esters is 1. The number of ether oxygens (including phenoxy) is 1. The predicted octanol–water partition coefficient (Wildman–Crippen LogP) is 3.89. The molecule has 0 spiro atoms. The zero-order valence-electron chi connectivity index (χ0n) is 14.3. The molecular formula is C15H32O5Si. The van der Waals surface area contributed by atoms with Gasteiger partial charge in [0.15, 0.2) is 6.29 Å². The summed E-state index contributed by atoms with van der Waals surface area (Å²) in [6, 6.07) is 0.767. The Labute approximate surface area is 130 Å². The van der Waals surface area contributed by atoms with E-state index in [4.69, 9.17) is 18.0 Å². The minimum Gasteiger partial charge on any atom is -0.437 e. The van der Waals surface area contributed by atoms with Crippen molar-refractivity contribution < 1.29 is 22.8 Å². The first-order valence-electron chi connectivity index (χ1n) is 8.18. The smallest absolute Gasteiger partial charge is 0.437 e. The summed E-state index contributed by atoms with van der Waals surface area (Å²) in [5, 5.41) is 0. The molecule has 0 saturated carbocycles. The van der Waals surface area contributed by atoms with Gasteiger partial charge in [0.2, 0.25) is 0 Å². The van der Waals surface area contributed by atoms with Crippen LogP contribution in [0.1, 0.15) is 66.7 Å². The van der Waals surface area contributed by atoms with E-state index in [1.807, 2.05) is 13.8 Å². The number of carbonyl (C=O) groups is 1. The fourth-order valence-electron chi connectivity index (χ4n) is 2.07. The Balaban J connectivity index is 4.62. The number of unbranched alkanes of at least 4 members (excludes halogenated alkanes) is 3. The van der Waals surface area contributed by atoms with E-state index in [1.54, 1.807) is 13.8 Å². The van der Waals surface area contributed by atoms with Gasteiger partial charge in [-0.05, 0) is 27.2 Å². The number of rotatable bonds is 13. The van der Waals surface area contributed by atoms with Gasteiger partial charge in [0.05, 0.1) is 0 Å². The van der Waals surface area contributed by atoms with Crippen LogP contribution >= 0.6 is 0 Å². The maximum Gasteiger partial charge on any atom is 0.503 e. The largest absolute Gasteiger partial charge is 0.503 e. The van der Waals surface area contributed by atoms with E-state index in [9.17, 15) is 4.79 Å². The standard InChI is InChI=1S/C15H32O5Si/c1-6-10-11-12-13-21(17-8-3,18-9-4)20-14(5)19-15(16)7-2/h14H,6-13H2,1-5H3. The number of hydrogen-bond donors (Lipinski definition) is 0. The molecule has 0 aliphatic heterocycles. The van der Waals surface area contributed by atoms with Crippen LogP contribution in [0.15, 0.2) is 0 Å². The molecule has 0 amide bonds. The average molecular weight is 321 g/mol. The van der Waals surface area contributed by atoms with E-state index in [0.29, 0.717) is 19.6 Å². The minimum atomic E-state index is -2.77. The first-order chi connectivity index (χ1) is 10.0. The van der Waals surface area contributed by atoms with Gasteiger partial charge in [-0.25, -0.2) is 0 Å². The lowest BCUT2D eigenvalue weighted by atomic mass is 10.2. The Bertz CT molecular complexity index is 267. The average Bonchev–Trinajstić information content (AvgIpc) is 2.44. The Morgan fingerprint density at radius 1 is 1.00 bits per heavy atom. The molecule has 1 unspecified atom stereocenters. The third kappa shape index (κ3) is 9.24. The van der Waals surface area contributed by atoms with Crippen LogP contribution in [0.25, 0.3) is 0 Å². The Morgan fingerprint density at radius 2 is 1.62 bits per heavy atom. The van der Waals surface area contributed by atoms with Crippen molar-refractivity contribution in [2.24, 2.45) is 0 Å². The highest BCUT2D eigenvalue weighted by atomic mass is 28.4. The monoisotopic (exact) mass is 320 g/mol. The molecule has 21 heavy (non-hydrogen) atoms. The quantitative estimate of drug-likeness (QED) is 0.223. The Morgan fingerprint density at radius 3 is 2.10 bits per heavy atom. The fraction of sp³-hybridized carbons (Fsp3) is 0.933. The molecule has 0 N–H and O–H groups in total. The molecule has 0 aliphatic rings. The summed E-state index contributed by atoms with van der Waals surface area (Å²) in [5.74, 6) is -0.274. The first-order valence-corrected chi connectivity index (χ1v) is 10.1. The fourth-order valence-corrected chi connectivity index (χ4v) is 4.81. The summed E-state index contributed by atoms with van der Waals surface area (Å²) >= 11 is 0. The molecular weight excluding hydrogens is 288 g/mol. The van der Waals surface area contributed by atoms with Crippen LogP contribution in [0.4, 0.5) is 0 Å². The number of carbonyl (C=O) groups excluding carboxylic acids is 1. The molecule has 0 aromatic heterocycles. The zero-order valence-corrected chi connectivity index (χ0v) is 15.3. The van der Waals surface area contributed by atoms with Crippen molar-refractivity contribution >= 4 is 14.8 Å². The SMILES string of the molecule is CCCCCC[Si](OCC)(OCC)OC(C)OC(=O)CC. The lowest BCUT2D eigenvalue weighted by Gasteiger charge is -2.31. The van der Waals surface area contributed by atoms with Crippen molar-refractivity contribution in [3.63, 3.8) is 0 Å². The molecule has 1 atom stereocenters. The van der Waals surface area contributed by atoms with Gasteiger partial charge < -0.3 is 18.0 Å². The second-order valence-electron chi connectivity index (χ2n) is 4.89. The van der Waals surface area contributed by atoms with Crippen molar-refractivity contribution in [2.45, 2.75) is 79.1 Å². The summed E-state index contributed by atoms with van der Waals surface area (Å²) in [5.41, 5.74) is 0. The van der Waals surface area contributed by atoms with Crippen LogP contribution in [0.5, 0.6) is 0 Å². The van der Waals surface area contributed by atoms with Gasteiger partial charge in [-0.3, -0.25) is 4.79 Å². The molecule has 0 bridgehead atoms. The van der Waals surface area contributed by atoms with Gasteiger partial charge in [0.1, 0.15) is 0 Å². The van der Waals surface area contributed by atoms with Crippen LogP contribution in [0.3, 0.4) is 0 Å². The number of hydrogen-bond acceptors (Lipinski definition) is 5. The highest BCUT2D eigenvalue weighted by Gasteiger charge is 2.42. The normalized spacial score (nSPS) is 13.2. The van der Waals surface area contributed by atoms with Gasteiger partial charge in [-0.1, -0.05) is 33.1 Å². The molecule has 5 nitrogen and oxygen atoms in total. The van der Waals surface area contributed by atoms with Crippen molar-refractivity contribution in [2.75, 3.05) is 13.2 Å². The predicted molar refractivity (Wildman–Crippen MR) is 84.9 cm³/mol. The molecule has 0 aromatic rings. The van der Waals surface area contributed by atoms with E-state index in [0.717, 1.165) is 18.9 Å². The van der Waals surface area contributed by atoms with E-state index >= 15 is 0 Å². The van der Waals surface area contributed by atoms with Crippen molar-refractivity contribution in [1.82, 2.24) is 0 Å². The van der Waals surface area contributed by atoms with E-state index in [1.165, 1.54) is 12.8 Å². The van der Waals surface area contributed by atoms with Crippen LogP contribution in [0, 0.1) is 0 Å².